The number of alkyl halides is 1. The quantitative estimate of drug-likeness (QED) is 0.867. The molecule has 0 amide bonds. The maximum absolute atomic E-state index is 14.2. The topological polar surface area (TPSA) is 47.6 Å². The van der Waals surface area contributed by atoms with E-state index in [0.29, 0.717) is 12.4 Å². The zero-order valence-corrected chi connectivity index (χ0v) is 12.7. The first-order valence-corrected chi connectivity index (χ1v) is 8.40. The SMILES string of the molecule is NC1=NC2(CF)c3ccccc3OCCC2SC12CCC2. The molecule has 112 valence electrons. The maximum atomic E-state index is 14.2. The third-order valence-corrected chi connectivity index (χ3v) is 7.02. The van der Waals surface area contributed by atoms with Gasteiger partial charge in [-0.1, -0.05) is 18.2 Å². The minimum absolute atomic E-state index is 0.0391. The number of fused-ring (bicyclic) bond motifs is 3. The average Bonchev–Trinajstić information content (AvgIpc) is 2.62. The van der Waals surface area contributed by atoms with Crippen LogP contribution in [0.4, 0.5) is 4.39 Å². The molecule has 1 spiro atoms. The monoisotopic (exact) mass is 306 g/mol. The molecule has 1 aliphatic carbocycles. The summed E-state index contributed by atoms with van der Waals surface area (Å²) >= 11 is 1.84. The van der Waals surface area contributed by atoms with E-state index < -0.39 is 12.2 Å². The highest BCUT2D eigenvalue weighted by atomic mass is 32.2. The summed E-state index contributed by atoms with van der Waals surface area (Å²) in [6.45, 7) is 0.0871. The molecule has 1 aromatic carbocycles. The van der Waals surface area contributed by atoms with Crippen LogP contribution < -0.4 is 10.5 Å². The van der Waals surface area contributed by atoms with Gasteiger partial charge < -0.3 is 10.5 Å². The van der Waals surface area contributed by atoms with E-state index in [0.717, 1.165) is 30.6 Å². The van der Waals surface area contributed by atoms with E-state index in [1.807, 2.05) is 36.0 Å². The summed E-state index contributed by atoms with van der Waals surface area (Å²) in [5, 5.41) is 0.0961. The molecule has 4 rings (SSSR count). The van der Waals surface area contributed by atoms with Crippen molar-refractivity contribution in [3.05, 3.63) is 29.8 Å². The Labute approximate surface area is 128 Å². The predicted octanol–water partition coefficient (Wildman–Crippen LogP) is 3.03. The first kappa shape index (κ1) is 13.4. The van der Waals surface area contributed by atoms with Crippen molar-refractivity contribution >= 4 is 17.6 Å². The number of rotatable bonds is 1. The summed E-state index contributed by atoms with van der Waals surface area (Å²) in [4.78, 5) is 4.75. The van der Waals surface area contributed by atoms with E-state index in [-0.39, 0.29) is 10.00 Å². The number of hydrogen-bond donors (Lipinski definition) is 1. The Hall–Kier alpha value is -1.23. The van der Waals surface area contributed by atoms with Gasteiger partial charge in [0.05, 0.1) is 11.4 Å². The highest BCUT2D eigenvalue weighted by Gasteiger charge is 2.55. The molecule has 2 aliphatic heterocycles. The number of hydrogen-bond acceptors (Lipinski definition) is 4. The fraction of sp³-hybridized carbons (Fsp3) is 0.562. The standard InChI is InChI=1S/C16H19FN2OS/c17-10-16-11-4-1-2-5-12(11)20-9-6-13(16)21-15(7-3-8-15)14(18)19-16/h1-2,4-5,13H,3,6-10H2,(H2,18,19). The molecule has 0 aromatic heterocycles. The van der Waals surface area contributed by atoms with Crippen LogP contribution in [0.15, 0.2) is 29.3 Å². The van der Waals surface area contributed by atoms with Gasteiger partial charge in [-0.3, -0.25) is 4.99 Å². The molecule has 2 atom stereocenters. The molecule has 0 bridgehead atoms. The first-order chi connectivity index (χ1) is 10.2. The van der Waals surface area contributed by atoms with Crippen molar-refractivity contribution in [2.45, 2.75) is 41.2 Å². The molecule has 0 radical (unpaired) electrons. The third-order valence-electron chi connectivity index (χ3n) is 5.04. The zero-order chi connectivity index (χ0) is 14.5. The van der Waals surface area contributed by atoms with Gasteiger partial charge in [0.25, 0.3) is 0 Å². The summed E-state index contributed by atoms with van der Waals surface area (Å²) in [7, 11) is 0. The van der Waals surface area contributed by atoms with E-state index >= 15 is 0 Å². The number of nitrogens with zero attached hydrogens (tertiary/aromatic N) is 1. The van der Waals surface area contributed by atoms with Crippen molar-refractivity contribution < 1.29 is 9.13 Å². The highest BCUT2D eigenvalue weighted by Crippen LogP contribution is 2.57. The third kappa shape index (κ3) is 1.76. The fourth-order valence-electron chi connectivity index (χ4n) is 3.64. The van der Waals surface area contributed by atoms with E-state index in [1.54, 1.807) is 0 Å². The van der Waals surface area contributed by atoms with Crippen molar-refractivity contribution in [1.29, 1.82) is 0 Å². The van der Waals surface area contributed by atoms with Crippen LogP contribution in [-0.2, 0) is 5.54 Å². The number of para-hydroxylation sites is 1. The summed E-state index contributed by atoms with van der Waals surface area (Å²) in [5.41, 5.74) is 6.25. The summed E-state index contributed by atoms with van der Waals surface area (Å²) in [6, 6.07) is 7.68. The maximum Gasteiger partial charge on any atom is 0.131 e. The Bertz CT molecular complexity index is 602. The van der Waals surface area contributed by atoms with Gasteiger partial charge in [0.1, 0.15) is 23.8 Å². The fourth-order valence-corrected chi connectivity index (χ4v) is 5.52. The van der Waals surface area contributed by atoms with Gasteiger partial charge in [-0.25, -0.2) is 4.39 Å². The van der Waals surface area contributed by atoms with E-state index in [2.05, 4.69) is 0 Å². The van der Waals surface area contributed by atoms with Gasteiger partial charge in [-0.2, -0.15) is 0 Å². The van der Waals surface area contributed by atoms with Crippen LogP contribution in [0, 0.1) is 0 Å². The Morgan fingerprint density at radius 1 is 1.38 bits per heavy atom. The second-order valence-corrected chi connectivity index (χ2v) is 7.73. The number of thioether (sulfide) groups is 1. The van der Waals surface area contributed by atoms with Gasteiger partial charge in [0, 0.05) is 10.8 Å². The molecule has 2 N–H and O–H groups in total. The Morgan fingerprint density at radius 3 is 2.90 bits per heavy atom. The lowest BCUT2D eigenvalue weighted by molar-refractivity contribution is 0.283. The molecular weight excluding hydrogens is 287 g/mol. The molecule has 1 saturated carbocycles. The average molecular weight is 306 g/mol. The van der Waals surface area contributed by atoms with Gasteiger partial charge in [0.15, 0.2) is 0 Å². The van der Waals surface area contributed by atoms with Gasteiger partial charge in [-0.05, 0) is 31.7 Å². The van der Waals surface area contributed by atoms with Crippen LogP contribution in [-0.4, -0.2) is 29.1 Å². The van der Waals surface area contributed by atoms with Gasteiger partial charge in [-0.15, -0.1) is 11.8 Å². The number of halogens is 1. The number of ether oxygens (including phenoxy) is 1. The number of aliphatic imine (C=N–C) groups is 1. The molecule has 3 aliphatic rings. The van der Waals surface area contributed by atoms with Gasteiger partial charge in [0.2, 0.25) is 0 Å². The van der Waals surface area contributed by atoms with E-state index in [1.165, 1.54) is 6.42 Å². The Kier molecular flexibility index (Phi) is 2.96. The lowest BCUT2D eigenvalue weighted by Gasteiger charge is -2.50. The molecular formula is C16H19FN2OS. The molecule has 0 saturated heterocycles. The van der Waals surface area contributed by atoms with Crippen molar-refractivity contribution in [2.24, 2.45) is 10.7 Å². The van der Waals surface area contributed by atoms with E-state index in [9.17, 15) is 4.39 Å². The molecule has 1 fully saturated rings. The van der Waals surface area contributed by atoms with Gasteiger partial charge >= 0.3 is 0 Å². The summed E-state index contributed by atoms with van der Waals surface area (Å²) in [6.07, 6.45) is 4.12. The lowest BCUT2D eigenvalue weighted by Crippen LogP contribution is -2.56. The highest BCUT2D eigenvalue weighted by molar-refractivity contribution is 8.02. The molecule has 1 aromatic rings. The predicted molar refractivity (Wildman–Crippen MR) is 83.8 cm³/mol. The van der Waals surface area contributed by atoms with Crippen molar-refractivity contribution in [3.63, 3.8) is 0 Å². The largest absolute Gasteiger partial charge is 0.493 e. The Morgan fingerprint density at radius 2 is 2.19 bits per heavy atom. The molecule has 5 heteroatoms. The van der Waals surface area contributed by atoms with Crippen LogP contribution in [0.25, 0.3) is 0 Å². The van der Waals surface area contributed by atoms with E-state index in [4.69, 9.17) is 15.5 Å². The molecule has 2 unspecified atom stereocenters. The first-order valence-electron chi connectivity index (χ1n) is 7.52. The minimum atomic E-state index is -0.872. The lowest BCUT2D eigenvalue weighted by atomic mass is 9.80. The van der Waals surface area contributed by atoms with Crippen LogP contribution in [0.2, 0.25) is 0 Å². The molecule has 21 heavy (non-hydrogen) atoms. The molecule has 3 nitrogen and oxygen atoms in total. The molecule has 2 heterocycles. The van der Waals surface area contributed by atoms with Crippen molar-refractivity contribution in [1.82, 2.24) is 0 Å². The van der Waals surface area contributed by atoms with Crippen LogP contribution in [0.3, 0.4) is 0 Å². The van der Waals surface area contributed by atoms with Crippen LogP contribution in [0.1, 0.15) is 31.2 Å². The summed E-state index contributed by atoms with van der Waals surface area (Å²) in [5.74, 6) is 1.38. The smallest absolute Gasteiger partial charge is 0.131 e. The van der Waals surface area contributed by atoms with Crippen LogP contribution in [0.5, 0.6) is 5.75 Å². The van der Waals surface area contributed by atoms with Crippen molar-refractivity contribution in [2.75, 3.05) is 13.3 Å². The second kappa shape index (κ2) is 4.63. The number of benzene rings is 1. The minimum Gasteiger partial charge on any atom is -0.493 e. The second-order valence-electron chi connectivity index (χ2n) is 6.14. The zero-order valence-electron chi connectivity index (χ0n) is 11.8. The Balaban J connectivity index is 1.89. The van der Waals surface area contributed by atoms with Crippen molar-refractivity contribution in [3.8, 4) is 5.75 Å². The number of nitrogens with two attached hydrogens (primary N) is 1. The van der Waals surface area contributed by atoms with Crippen LogP contribution >= 0.6 is 11.8 Å². The number of amidine groups is 1. The summed E-state index contributed by atoms with van der Waals surface area (Å²) < 4.78 is 20.0. The normalized spacial score (nSPS) is 33.0.